The average Bonchev–Trinajstić information content (AvgIpc) is 2.24. The van der Waals surface area contributed by atoms with Crippen LogP contribution in [0.5, 0.6) is 0 Å². The van der Waals surface area contributed by atoms with Gasteiger partial charge >= 0.3 is 0 Å². The maximum Gasteiger partial charge on any atom is 0.295 e. The lowest BCUT2D eigenvalue weighted by atomic mass is 10.1. The van der Waals surface area contributed by atoms with Gasteiger partial charge in [0.05, 0.1) is 4.92 Å². The van der Waals surface area contributed by atoms with Crippen LogP contribution in [0.2, 0.25) is 0 Å². The molecule has 5 heteroatoms. The van der Waals surface area contributed by atoms with Crippen molar-refractivity contribution in [2.75, 3.05) is 25.6 Å². The van der Waals surface area contributed by atoms with Crippen molar-refractivity contribution in [2.24, 2.45) is 0 Å². The lowest BCUT2D eigenvalue weighted by molar-refractivity contribution is -0.384. The number of ether oxygens (including phenoxy) is 1. The van der Waals surface area contributed by atoms with Gasteiger partial charge < -0.3 is 10.1 Å². The van der Waals surface area contributed by atoms with Gasteiger partial charge in [-0.1, -0.05) is 12.1 Å². The molecule has 0 spiro atoms. The number of aryl methyl sites for hydroxylation is 1. The van der Waals surface area contributed by atoms with Gasteiger partial charge in [0.1, 0.15) is 5.69 Å². The minimum atomic E-state index is -0.353. The van der Waals surface area contributed by atoms with E-state index in [1.807, 2.05) is 0 Å². The average molecular weight is 224 g/mol. The van der Waals surface area contributed by atoms with Gasteiger partial charge in [-0.05, 0) is 19.4 Å². The first kappa shape index (κ1) is 12.4. The van der Waals surface area contributed by atoms with Gasteiger partial charge in [0.25, 0.3) is 5.69 Å². The summed E-state index contributed by atoms with van der Waals surface area (Å²) in [6, 6.07) is 5.26. The zero-order valence-corrected chi connectivity index (χ0v) is 9.53. The Bertz CT molecular complexity index is 366. The van der Waals surface area contributed by atoms with Crippen LogP contribution in [-0.2, 0) is 4.74 Å². The summed E-state index contributed by atoms with van der Waals surface area (Å²) in [6.07, 6.45) is 0.821. The van der Waals surface area contributed by atoms with E-state index in [2.05, 4.69) is 5.32 Å². The molecule has 0 radical (unpaired) electrons. The van der Waals surface area contributed by atoms with Crippen LogP contribution in [0.25, 0.3) is 0 Å². The third kappa shape index (κ3) is 3.20. The fourth-order valence-electron chi connectivity index (χ4n) is 1.48. The van der Waals surface area contributed by atoms with Crippen LogP contribution >= 0.6 is 0 Å². The second kappa shape index (κ2) is 6.07. The van der Waals surface area contributed by atoms with Crippen LogP contribution in [0.15, 0.2) is 18.2 Å². The minimum Gasteiger partial charge on any atom is -0.385 e. The summed E-state index contributed by atoms with van der Waals surface area (Å²) in [4.78, 5) is 10.5. The van der Waals surface area contributed by atoms with Crippen molar-refractivity contribution in [2.45, 2.75) is 13.3 Å². The van der Waals surface area contributed by atoms with Gasteiger partial charge in [0.2, 0.25) is 0 Å². The molecule has 1 aromatic carbocycles. The van der Waals surface area contributed by atoms with E-state index in [0.717, 1.165) is 6.42 Å². The van der Waals surface area contributed by atoms with Gasteiger partial charge in [0, 0.05) is 25.8 Å². The highest BCUT2D eigenvalue weighted by atomic mass is 16.6. The molecule has 0 aliphatic carbocycles. The Kier molecular flexibility index (Phi) is 4.72. The van der Waals surface area contributed by atoms with Crippen LogP contribution in [0.4, 0.5) is 11.4 Å². The molecule has 16 heavy (non-hydrogen) atoms. The van der Waals surface area contributed by atoms with Crippen LogP contribution < -0.4 is 5.32 Å². The summed E-state index contributed by atoms with van der Waals surface area (Å²) >= 11 is 0. The molecule has 1 aromatic rings. The molecule has 5 nitrogen and oxygen atoms in total. The van der Waals surface area contributed by atoms with E-state index >= 15 is 0 Å². The SMILES string of the molecule is COCCCNc1cccc(C)c1[N+](=O)[O-]. The van der Waals surface area contributed by atoms with E-state index in [1.54, 1.807) is 32.2 Å². The molecule has 0 amide bonds. The molecule has 1 rings (SSSR count). The Hall–Kier alpha value is -1.62. The number of nitrogens with one attached hydrogen (secondary N) is 1. The third-order valence-electron chi connectivity index (χ3n) is 2.26. The first-order valence-electron chi connectivity index (χ1n) is 5.13. The van der Waals surface area contributed by atoms with Gasteiger partial charge in [0.15, 0.2) is 0 Å². The number of benzene rings is 1. The summed E-state index contributed by atoms with van der Waals surface area (Å²) in [6.45, 7) is 3.04. The molecular formula is C11H16N2O3. The zero-order chi connectivity index (χ0) is 12.0. The Morgan fingerprint density at radius 1 is 1.50 bits per heavy atom. The molecule has 0 aliphatic heterocycles. The Labute approximate surface area is 94.6 Å². The monoisotopic (exact) mass is 224 g/mol. The fourth-order valence-corrected chi connectivity index (χ4v) is 1.48. The quantitative estimate of drug-likeness (QED) is 0.457. The number of rotatable bonds is 6. The molecule has 0 saturated heterocycles. The molecule has 0 heterocycles. The molecule has 0 saturated carbocycles. The second-order valence-electron chi connectivity index (χ2n) is 3.50. The molecule has 0 atom stereocenters. The van der Waals surface area contributed by atoms with Crippen molar-refractivity contribution >= 4 is 11.4 Å². The third-order valence-corrected chi connectivity index (χ3v) is 2.26. The van der Waals surface area contributed by atoms with Crippen molar-refractivity contribution < 1.29 is 9.66 Å². The summed E-state index contributed by atoms with van der Waals surface area (Å²) < 4.78 is 4.91. The number of para-hydroxylation sites is 1. The first-order chi connectivity index (χ1) is 7.66. The summed E-state index contributed by atoms with van der Waals surface area (Å²) in [5.41, 5.74) is 1.39. The molecular weight excluding hydrogens is 208 g/mol. The van der Waals surface area contributed by atoms with Crippen LogP contribution in [0.3, 0.4) is 0 Å². The second-order valence-corrected chi connectivity index (χ2v) is 3.50. The number of nitro benzene ring substituents is 1. The van der Waals surface area contributed by atoms with Gasteiger partial charge in [-0.3, -0.25) is 10.1 Å². The van der Waals surface area contributed by atoms with E-state index in [9.17, 15) is 10.1 Å². The minimum absolute atomic E-state index is 0.153. The van der Waals surface area contributed by atoms with E-state index < -0.39 is 0 Å². The number of nitro groups is 1. The van der Waals surface area contributed by atoms with Crippen molar-refractivity contribution in [1.29, 1.82) is 0 Å². The molecule has 1 N–H and O–H groups in total. The van der Waals surface area contributed by atoms with Crippen LogP contribution in [-0.4, -0.2) is 25.2 Å². The summed E-state index contributed by atoms with van der Waals surface area (Å²) in [5.74, 6) is 0. The summed E-state index contributed by atoms with van der Waals surface area (Å²) in [7, 11) is 1.63. The predicted molar refractivity (Wildman–Crippen MR) is 62.8 cm³/mol. The number of nitrogens with zero attached hydrogens (tertiary/aromatic N) is 1. The number of anilines is 1. The highest BCUT2D eigenvalue weighted by Gasteiger charge is 2.15. The smallest absolute Gasteiger partial charge is 0.295 e. The van der Waals surface area contributed by atoms with E-state index in [0.29, 0.717) is 24.4 Å². The van der Waals surface area contributed by atoms with Gasteiger partial charge in [-0.2, -0.15) is 0 Å². The Morgan fingerprint density at radius 3 is 2.88 bits per heavy atom. The van der Waals surface area contributed by atoms with Crippen molar-refractivity contribution in [3.63, 3.8) is 0 Å². The van der Waals surface area contributed by atoms with Crippen molar-refractivity contribution in [1.82, 2.24) is 0 Å². The Balaban J connectivity index is 2.71. The molecule has 0 aromatic heterocycles. The van der Waals surface area contributed by atoms with E-state index in [4.69, 9.17) is 4.74 Å². The largest absolute Gasteiger partial charge is 0.385 e. The highest BCUT2D eigenvalue weighted by Crippen LogP contribution is 2.27. The maximum absolute atomic E-state index is 10.9. The number of hydrogen-bond donors (Lipinski definition) is 1. The molecule has 0 fully saturated rings. The van der Waals surface area contributed by atoms with Gasteiger partial charge in [-0.15, -0.1) is 0 Å². The number of hydrogen-bond acceptors (Lipinski definition) is 4. The van der Waals surface area contributed by atoms with Crippen molar-refractivity contribution in [3.8, 4) is 0 Å². The Morgan fingerprint density at radius 2 is 2.25 bits per heavy atom. The topological polar surface area (TPSA) is 64.4 Å². The molecule has 0 bridgehead atoms. The standard InChI is InChI=1S/C11H16N2O3/c1-9-5-3-6-10(11(9)13(14)15)12-7-4-8-16-2/h3,5-6,12H,4,7-8H2,1-2H3. The first-order valence-corrected chi connectivity index (χ1v) is 5.13. The predicted octanol–water partition coefficient (Wildman–Crippen LogP) is 2.35. The van der Waals surface area contributed by atoms with Crippen LogP contribution in [0, 0.1) is 17.0 Å². The zero-order valence-electron chi connectivity index (χ0n) is 9.53. The van der Waals surface area contributed by atoms with E-state index in [-0.39, 0.29) is 10.6 Å². The van der Waals surface area contributed by atoms with Crippen LogP contribution in [0.1, 0.15) is 12.0 Å². The summed E-state index contributed by atoms with van der Waals surface area (Å²) in [5, 5.41) is 13.9. The lowest BCUT2D eigenvalue weighted by Gasteiger charge is -2.07. The fraction of sp³-hybridized carbons (Fsp3) is 0.455. The normalized spacial score (nSPS) is 10.1. The van der Waals surface area contributed by atoms with Gasteiger partial charge in [-0.25, -0.2) is 0 Å². The van der Waals surface area contributed by atoms with Crippen molar-refractivity contribution in [3.05, 3.63) is 33.9 Å². The maximum atomic E-state index is 10.9. The highest BCUT2D eigenvalue weighted by molar-refractivity contribution is 5.64. The molecule has 88 valence electrons. The molecule has 0 unspecified atom stereocenters. The molecule has 0 aliphatic rings. The number of methoxy groups -OCH3 is 1. The van der Waals surface area contributed by atoms with E-state index in [1.165, 1.54) is 0 Å². The lowest BCUT2D eigenvalue weighted by Crippen LogP contribution is -2.07.